The van der Waals surface area contributed by atoms with Crippen LogP contribution in [0.15, 0.2) is 60.7 Å². The van der Waals surface area contributed by atoms with Crippen molar-refractivity contribution in [2.75, 3.05) is 13.1 Å². The van der Waals surface area contributed by atoms with Crippen molar-refractivity contribution < 1.29 is 33.8 Å². The standard InChI is InChI=1S/C25H27N3O7/c29-21(30)15-28(24(33)22(31)19-12-7-13-26-19)23(32)20(14-17-8-3-1-4-9-17)27-25(34)35-16-18-10-5-2-6-11-18/h1-6,8-11,19-20,26H,7,12-16H2,(H,27,34)(H,29,30)/t19?,20-/m0/s1. The van der Waals surface area contributed by atoms with Gasteiger partial charge in [-0.25, -0.2) is 4.79 Å². The van der Waals surface area contributed by atoms with Crippen molar-refractivity contribution >= 4 is 29.7 Å². The summed E-state index contributed by atoms with van der Waals surface area (Å²) in [6.45, 7) is -0.521. The first-order valence-electron chi connectivity index (χ1n) is 11.2. The molecule has 2 aromatic rings. The molecule has 35 heavy (non-hydrogen) atoms. The molecule has 1 fully saturated rings. The van der Waals surface area contributed by atoms with E-state index in [1.165, 1.54) is 0 Å². The molecule has 3 amide bonds. The number of alkyl carbamates (subject to hydrolysis) is 1. The zero-order valence-corrected chi connectivity index (χ0v) is 19.0. The second-order valence-corrected chi connectivity index (χ2v) is 8.08. The zero-order chi connectivity index (χ0) is 25.2. The minimum atomic E-state index is -1.47. The minimum Gasteiger partial charge on any atom is -0.480 e. The molecule has 1 unspecified atom stereocenters. The summed E-state index contributed by atoms with van der Waals surface area (Å²) in [6.07, 6.45) is 0.133. The Morgan fingerprint density at radius 1 is 1.00 bits per heavy atom. The fourth-order valence-electron chi connectivity index (χ4n) is 3.72. The smallest absolute Gasteiger partial charge is 0.408 e. The third kappa shape index (κ3) is 7.47. The van der Waals surface area contributed by atoms with Crippen molar-refractivity contribution in [3.63, 3.8) is 0 Å². The van der Waals surface area contributed by atoms with Crippen molar-refractivity contribution in [2.24, 2.45) is 0 Å². The van der Waals surface area contributed by atoms with Crippen LogP contribution in [0.4, 0.5) is 4.79 Å². The molecule has 1 aliphatic rings. The molecule has 0 radical (unpaired) electrons. The maximum Gasteiger partial charge on any atom is 0.408 e. The number of ketones is 1. The van der Waals surface area contributed by atoms with Gasteiger partial charge in [0.25, 0.3) is 11.8 Å². The van der Waals surface area contributed by atoms with Gasteiger partial charge in [0.05, 0.1) is 6.04 Å². The summed E-state index contributed by atoms with van der Waals surface area (Å²) in [6, 6.07) is 15.5. The molecule has 3 N–H and O–H groups in total. The number of hydrogen-bond donors (Lipinski definition) is 3. The third-order valence-corrected chi connectivity index (χ3v) is 5.48. The van der Waals surface area contributed by atoms with Crippen LogP contribution >= 0.6 is 0 Å². The number of aliphatic carboxylic acids is 1. The van der Waals surface area contributed by atoms with E-state index in [1.54, 1.807) is 54.6 Å². The molecule has 0 aromatic heterocycles. The van der Waals surface area contributed by atoms with E-state index in [1.807, 2.05) is 6.07 Å². The lowest BCUT2D eigenvalue weighted by Gasteiger charge is -2.25. The van der Waals surface area contributed by atoms with E-state index in [9.17, 15) is 29.1 Å². The summed E-state index contributed by atoms with van der Waals surface area (Å²) in [5, 5.41) is 14.6. The highest BCUT2D eigenvalue weighted by Gasteiger charge is 2.38. The highest BCUT2D eigenvalue weighted by molar-refractivity contribution is 6.41. The molecule has 0 saturated carbocycles. The van der Waals surface area contributed by atoms with Crippen LogP contribution in [0.1, 0.15) is 24.0 Å². The highest BCUT2D eigenvalue weighted by atomic mass is 16.5. The molecule has 2 aromatic carbocycles. The predicted octanol–water partition coefficient (Wildman–Crippen LogP) is 1.29. The van der Waals surface area contributed by atoms with Crippen LogP contribution in [0.2, 0.25) is 0 Å². The number of carbonyl (C=O) groups excluding carboxylic acids is 4. The van der Waals surface area contributed by atoms with Crippen LogP contribution in [-0.4, -0.2) is 64.8 Å². The molecule has 0 spiro atoms. The lowest BCUT2D eigenvalue weighted by molar-refractivity contribution is -0.157. The Kier molecular flexibility index (Phi) is 9.08. The Morgan fingerprint density at radius 2 is 1.63 bits per heavy atom. The molecule has 184 valence electrons. The molecular weight excluding hydrogens is 454 g/mol. The Bertz CT molecular complexity index is 1050. The quantitative estimate of drug-likeness (QED) is 0.431. The van der Waals surface area contributed by atoms with Crippen LogP contribution in [0, 0.1) is 0 Å². The van der Waals surface area contributed by atoms with E-state index in [0.29, 0.717) is 29.8 Å². The molecule has 10 heteroatoms. The van der Waals surface area contributed by atoms with Crippen molar-refractivity contribution in [3.05, 3.63) is 71.8 Å². The molecule has 10 nitrogen and oxygen atoms in total. The number of nitrogens with one attached hydrogen (secondary N) is 2. The summed E-state index contributed by atoms with van der Waals surface area (Å²) >= 11 is 0. The average molecular weight is 482 g/mol. The first-order valence-corrected chi connectivity index (χ1v) is 11.2. The number of amides is 3. The van der Waals surface area contributed by atoms with Gasteiger partial charge in [-0.15, -0.1) is 0 Å². The Morgan fingerprint density at radius 3 is 2.20 bits per heavy atom. The van der Waals surface area contributed by atoms with Gasteiger partial charge in [-0.3, -0.25) is 24.1 Å². The summed E-state index contributed by atoms with van der Waals surface area (Å²) in [7, 11) is 0. The van der Waals surface area contributed by atoms with Crippen LogP contribution in [-0.2, 0) is 36.9 Å². The molecule has 1 saturated heterocycles. The molecule has 1 aliphatic heterocycles. The number of ether oxygens (including phenoxy) is 1. The molecule has 3 rings (SSSR count). The maximum absolute atomic E-state index is 13.4. The average Bonchev–Trinajstić information content (AvgIpc) is 3.40. The molecule has 0 aliphatic carbocycles. The lowest BCUT2D eigenvalue weighted by Crippen LogP contribution is -2.56. The van der Waals surface area contributed by atoms with Crippen LogP contribution in [0.25, 0.3) is 0 Å². The van der Waals surface area contributed by atoms with Gasteiger partial charge >= 0.3 is 12.1 Å². The first kappa shape index (κ1) is 25.6. The lowest BCUT2D eigenvalue weighted by atomic mass is 10.0. The Balaban J connectivity index is 1.78. The van der Waals surface area contributed by atoms with Gasteiger partial charge in [0, 0.05) is 6.42 Å². The van der Waals surface area contributed by atoms with Crippen molar-refractivity contribution in [3.8, 4) is 0 Å². The van der Waals surface area contributed by atoms with Gasteiger partial charge in [-0.05, 0) is 30.5 Å². The van der Waals surface area contributed by atoms with Gasteiger partial charge in [0.2, 0.25) is 5.78 Å². The number of benzene rings is 2. The Labute approximate surface area is 202 Å². The van der Waals surface area contributed by atoms with Gasteiger partial charge in [0.15, 0.2) is 0 Å². The van der Waals surface area contributed by atoms with Gasteiger partial charge in [0.1, 0.15) is 19.2 Å². The van der Waals surface area contributed by atoms with Crippen molar-refractivity contribution in [1.29, 1.82) is 0 Å². The summed E-state index contributed by atoms with van der Waals surface area (Å²) in [4.78, 5) is 63.2. The minimum absolute atomic E-state index is 0.0423. The SMILES string of the molecule is O=C(O)CN(C(=O)C(=O)C1CCCN1)C(=O)[C@H](Cc1ccccc1)NC(=O)OCc1ccccc1. The van der Waals surface area contributed by atoms with Gasteiger partial charge in [-0.2, -0.15) is 0 Å². The number of rotatable bonds is 10. The highest BCUT2D eigenvalue weighted by Crippen LogP contribution is 2.12. The second-order valence-electron chi connectivity index (χ2n) is 8.08. The van der Waals surface area contributed by atoms with Crippen molar-refractivity contribution in [2.45, 2.75) is 38.0 Å². The van der Waals surface area contributed by atoms with E-state index in [0.717, 1.165) is 5.56 Å². The number of nitrogens with zero attached hydrogens (tertiary/aromatic N) is 1. The number of hydrogen-bond acceptors (Lipinski definition) is 7. The number of imide groups is 1. The monoisotopic (exact) mass is 481 g/mol. The first-order chi connectivity index (χ1) is 16.8. The van der Waals surface area contributed by atoms with Crippen molar-refractivity contribution in [1.82, 2.24) is 15.5 Å². The predicted molar refractivity (Wildman–Crippen MR) is 124 cm³/mol. The molecule has 0 bridgehead atoms. The largest absolute Gasteiger partial charge is 0.480 e. The summed E-state index contributed by atoms with van der Waals surface area (Å²) < 4.78 is 5.20. The maximum atomic E-state index is 13.4. The van der Waals surface area contributed by atoms with E-state index in [-0.39, 0.29) is 13.0 Å². The number of carboxylic acids is 1. The van der Waals surface area contributed by atoms with E-state index < -0.39 is 48.3 Å². The van der Waals surface area contributed by atoms with E-state index in [2.05, 4.69) is 10.6 Å². The topological polar surface area (TPSA) is 142 Å². The normalized spacial score (nSPS) is 15.6. The fraction of sp³-hybridized carbons (Fsp3) is 0.320. The number of carbonyl (C=O) groups is 5. The van der Waals surface area contributed by atoms with E-state index in [4.69, 9.17) is 4.74 Å². The third-order valence-electron chi connectivity index (χ3n) is 5.48. The van der Waals surface area contributed by atoms with Crippen LogP contribution in [0.5, 0.6) is 0 Å². The van der Waals surface area contributed by atoms with Crippen LogP contribution < -0.4 is 10.6 Å². The summed E-state index contributed by atoms with van der Waals surface area (Å²) in [5.41, 5.74) is 1.38. The molecular formula is C25H27N3O7. The number of carboxylic acid groups (broad SMARTS) is 1. The molecule has 2 atom stereocenters. The van der Waals surface area contributed by atoms with Crippen LogP contribution in [0.3, 0.4) is 0 Å². The second kappa shape index (κ2) is 12.4. The van der Waals surface area contributed by atoms with E-state index >= 15 is 0 Å². The zero-order valence-electron chi connectivity index (χ0n) is 19.0. The van der Waals surface area contributed by atoms with Gasteiger partial charge in [-0.1, -0.05) is 60.7 Å². The fourth-order valence-corrected chi connectivity index (χ4v) is 3.72. The van der Waals surface area contributed by atoms with Gasteiger partial charge < -0.3 is 20.5 Å². The Hall–Kier alpha value is -4.05. The number of Topliss-reactive ketones (excluding diaryl/α,β-unsaturated/α-hetero) is 1. The summed E-state index contributed by atoms with van der Waals surface area (Å²) in [5.74, 6) is -4.59. The molecule has 1 heterocycles.